The minimum atomic E-state index is -0.528. The summed E-state index contributed by atoms with van der Waals surface area (Å²) >= 11 is 6.91. The quantitative estimate of drug-likeness (QED) is 0.609. The van der Waals surface area contributed by atoms with Crippen LogP contribution in [0.3, 0.4) is 0 Å². The standard InChI is InChI=1S/C12H12ClNO2S/c1-2-16-12(15)11(17-8-14)7-9-5-3-4-6-10(9)13/h3-6,11H,2,7H2,1H3/t11-/m0/s1. The van der Waals surface area contributed by atoms with E-state index in [4.69, 9.17) is 21.6 Å². The van der Waals surface area contributed by atoms with E-state index in [9.17, 15) is 4.79 Å². The Hall–Kier alpha value is -1.18. The summed E-state index contributed by atoms with van der Waals surface area (Å²) in [5.41, 5.74) is 0.843. The van der Waals surface area contributed by atoms with Gasteiger partial charge in [0.2, 0.25) is 0 Å². The first-order chi connectivity index (χ1) is 8.19. The smallest absolute Gasteiger partial charge is 0.320 e. The van der Waals surface area contributed by atoms with E-state index in [1.165, 1.54) is 0 Å². The Kier molecular flexibility index (Phi) is 5.88. The van der Waals surface area contributed by atoms with Crippen LogP contribution in [0.2, 0.25) is 5.02 Å². The van der Waals surface area contributed by atoms with Gasteiger partial charge in [-0.05, 0) is 36.7 Å². The molecular formula is C12H12ClNO2S. The summed E-state index contributed by atoms with van der Waals surface area (Å²) in [4.78, 5) is 11.6. The summed E-state index contributed by atoms with van der Waals surface area (Å²) in [6, 6.07) is 7.27. The molecule has 1 aromatic carbocycles. The molecule has 0 fully saturated rings. The molecule has 0 bridgehead atoms. The van der Waals surface area contributed by atoms with Crippen LogP contribution in [0.25, 0.3) is 0 Å². The van der Waals surface area contributed by atoms with Gasteiger partial charge in [-0.1, -0.05) is 29.8 Å². The fourth-order valence-electron chi connectivity index (χ4n) is 1.34. The molecule has 0 spiro atoms. The molecule has 0 aliphatic carbocycles. The van der Waals surface area contributed by atoms with Crippen molar-refractivity contribution in [1.82, 2.24) is 0 Å². The molecule has 1 rings (SSSR count). The maximum atomic E-state index is 11.6. The lowest BCUT2D eigenvalue weighted by atomic mass is 10.1. The predicted octanol–water partition coefficient (Wildman–Crippen LogP) is 3.03. The highest BCUT2D eigenvalue weighted by atomic mass is 35.5. The number of hydrogen-bond acceptors (Lipinski definition) is 4. The molecule has 0 unspecified atom stereocenters. The van der Waals surface area contributed by atoms with Gasteiger partial charge in [0.1, 0.15) is 10.7 Å². The molecule has 17 heavy (non-hydrogen) atoms. The average Bonchev–Trinajstić information content (AvgIpc) is 2.31. The Labute approximate surface area is 110 Å². The lowest BCUT2D eigenvalue weighted by molar-refractivity contribution is -0.142. The molecule has 0 aromatic heterocycles. The molecular weight excluding hydrogens is 258 g/mol. The zero-order chi connectivity index (χ0) is 12.7. The number of carbonyl (C=O) groups is 1. The maximum Gasteiger partial charge on any atom is 0.320 e. The summed E-state index contributed by atoms with van der Waals surface area (Å²) in [5.74, 6) is -0.376. The van der Waals surface area contributed by atoms with Gasteiger partial charge in [0.15, 0.2) is 0 Å². The first kappa shape index (κ1) is 13.9. The van der Waals surface area contributed by atoms with E-state index in [-0.39, 0.29) is 5.97 Å². The summed E-state index contributed by atoms with van der Waals surface area (Å²) in [6.07, 6.45) is 0.400. The lowest BCUT2D eigenvalue weighted by Crippen LogP contribution is -2.22. The molecule has 0 aliphatic rings. The van der Waals surface area contributed by atoms with Crippen molar-refractivity contribution in [2.45, 2.75) is 18.6 Å². The summed E-state index contributed by atoms with van der Waals surface area (Å²) < 4.78 is 4.91. The highest BCUT2D eigenvalue weighted by Gasteiger charge is 2.21. The van der Waals surface area contributed by atoms with Crippen molar-refractivity contribution in [2.75, 3.05) is 6.61 Å². The van der Waals surface area contributed by atoms with Crippen LogP contribution in [0.1, 0.15) is 12.5 Å². The van der Waals surface area contributed by atoms with Gasteiger partial charge >= 0.3 is 5.97 Å². The molecule has 1 aromatic rings. The summed E-state index contributed by atoms with van der Waals surface area (Å²) in [7, 11) is 0. The Balaban J connectivity index is 2.77. The molecule has 3 nitrogen and oxygen atoms in total. The van der Waals surface area contributed by atoms with E-state index in [0.29, 0.717) is 18.1 Å². The largest absolute Gasteiger partial charge is 0.465 e. The number of rotatable bonds is 5. The van der Waals surface area contributed by atoms with Crippen molar-refractivity contribution >= 4 is 29.3 Å². The van der Waals surface area contributed by atoms with Crippen LogP contribution in [0.15, 0.2) is 24.3 Å². The van der Waals surface area contributed by atoms with Crippen LogP contribution < -0.4 is 0 Å². The number of ether oxygens (including phenoxy) is 1. The number of benzene rings is 1. The van der Waals surface area contributed by atoms with E-state index in [1.54, 1.807) is 13.0 Å². The van der Waals surface area contributed by atoms with Gasteiger partial charge in [-0.15, -0.1) is 0 Å². The van der Waals surface area contributed by atoms with Crippen molar-refractivity contribution in [2.24, 2.45) is 0 Å². The number of hydrogen-bond donors (Lipinski definition) is 0. The van der Waals surface area contributed by atoms with Gasteiger partial charge < -0.3 is 4.74 Å². The molecule has 0 N–H and O–H groups in total. The van der Waals surface area contributed by atoms with Crippen molar-refractivity contribution in [3.05, 3.63) is 34.9 Å². The zero-order valence-corrected chi connectivity index (χ0v) is 10.9. The topological polar surface area (TPSA) is 50.1 Å². The van der Waals surface area contributed by atoms with Crippen molar-refractivity contribution in [3.8, 4) is 5.40 Å². The Morgan fingerprint density at radius 3 is 2.88 bits per heavy atom. The first-order valence-corrected chi connectivity index (χ1v) is 6.39. The van der Waals surface area contributed by atoms with E-state index in [0.717, 1.165) is 17.3 Å². The summed E-state index contributed by atoms with van der Waals surface area (Å²) in [5, 5.41) is 10.7. The minimum Gasteiger partial charge on any atom is -0.465 e. The highest BCUT2D eigenvalue weighted by molar-refractivity contribution is 8.04. The van der Waals surface area contributed by atoms with E-state index in [1.807, 2.05) is 23.6 Å². The number of nitrogens with zero attached hydrogens (tertiary/aromatic N) is 1. The van der Waals surface area contributed by atoms with Gasteiger partial charge in [-0.3, -0.25) is 4.79 Å². The molecule has 1 atom stereocenters. The summed E-state index contributed by atoms with van der Waals surface area (Å²) in [6.45, 7) is 2.05. The molecule has 0 aliphatic heterocycles. The Bertz CT molecular complexity index is 431. The van der Waals surface area contributed by atoms with Crippen LogP contribution >= 0.6 is 23.4 Å². The lowest BCUT2D eigenvalue weighted by Gasteiger charge is -2.12. The fraction of sp³-hybridized carbons (Fsp3) is 0.333. The van der Waals surface area contributed by atoms with Gasteiger partial charge in [0.05, 0.1) is 6.61 Å². The molecule has 0 saturated carbocycles. The van der Waals surface area contributed by atoms with Crippen LogP contribution in [0, 0.1) is 10.7 Å². The molecule has 90 valence electrons. The monoisotopic (exact) mass is 269 g/mol. The number of thioether (sulfide) groups is 1. The van der Waals surface area contributed by atoms with E-state index in [2.05, 4.69) is 0 Å². The second-order valence-corrected chi connectivity index (χ2v) is 4.64. The molecule has 0 radical (unpaired) electrons. The third kappa shape index (κ3) is 4.29. The number of halogens is 1. The third-order valence-corrected chi connectivity index (χ3v) is 3.23. The molecule has 5 heteroatoms. The van der Waals surface area contributed by atoms with Gasteiger partial charge in [0, 0.05) is 5.02 Å². The second kappa shape index (κ2) is 7.21. The number of carbonyl (C=O) groups excluding carboxylic acids is 1. The first-order valence-electron chi connectivity index (χ1n) is 5.13. The average molecular weight is 270 g/mol. The SMILES string of the molecule is CCOC(=O)[C@H](Cc1ccccc1Cl)SC#N. The molecule has 0 heterocycles. The maximum absolute atomic E-state index is 11.6. The molecule has 0 amide bonds. The predicted molar refractivity (Wildman–Crippen MR) is 68.8 cm³/mol. The van der Waals surface area contributed by atoms with Crippen LogP contribution in [-0.2, 0) is 16.0 Å². The van der Waals surface area contributed by atoms with Crippen LogP contribution in [-0.4, -0.2) is 17.8 Å². The van der Waals surface area contributed by atoms with Crippen molar-refractivity contribution < 1.29 is 9.53 Å². The molecule has 0 saturated heterocycles. The van der Waals surface area contributed by atoms with Gasteiger partial charge in [-0.25, -0.2) is 0 Å². The highest BCUT2D eigenvalue weighted by Crippen LogP contribution is 2.22. The third-order valence-electron chi connectivity index (χ3n) is 2.11. The number of esters is 1. The zero-order valence-electron chi connectivity index (χ0n) is 9.35. The number of nitriles is 1. The van der Waals surface area contributed by atoms with Crippen LogP contribution in [0.5, 0.6) is 0 Å². The van der Waals surface area contributed by atoms with E-state index >= 15 is 0 Å². The van der Waals surface area contributed by atoms with Gasteiger partial charge in [-0.2, -0.15) is 5.26 Å². The van der Waals surface area contributed by atoms with Crippen molar-refractivity contribution in [1.29, 1.82) is 5.26 Å². The normalized spacial score (nSPS) is 11.6. The van der Waals surface area contributed by atoms with Gasteiger partial charge in [0.25, 0.3) is 0 Å². The van der Waals surface area contributed by atoms with E-state index < -0.39 is 5.25 Å². The minimum absolute atomic E-state index is 0.309. The number of thiocyanates is 1. The fourth-order valence-corrected chi connectivity index (χ4v) is 2.10. The second-order valence-electron chi connectivity index (χ2n) is 3.25. The Morgan fingerprint density at radius 2 is 2.29 bits per heavy atom. The Morgan fingerprint density at radius 1 is 1.59 bits per heavy atom. The van der Waals surface area contributed by atoms with Crippen molar-refractivity contribution in [3.63, 3.8) is 0 Å². The van der Waals surface area contributed by atoms with Crippen LogP contribution in [0.4, 0.5) is 0 Å².